The lowest BCUT2D eigenvalue weighted by molar-refractivity contribution is 0.0939. The highest BCUT2D eigenvalue weighted by Crippen LogP contribution is 2.26. The molecule has 0 unspecified atom stereocenters. The molecule has 6 heteroatoms. The summed E-state index contributed by atoms with van der Waals surface area (Å²) in [7, 11) is -3.83. The smallest absolute Gasteiger partial charge is 0.262 e. The number of anilines is 1. The minimum Gasteiger partial charge on any atom is -0.346 e. The fourth-order valence-electron chi connectivity index (χ4n) is 4.25. The van der Waals surface area contributed by atoms with Gasteiger partial charge in [-0.25, -0.2) is 8.42 Å². The second-order valence-electron chi connectivity index (χ2n) is 8.88. The molecule has 172 valence electrons. The summed E-state index contributed by atoms with van der Waals surface area (Å²) in [6, 6.07) is 18.2. The van der Waals surface area contributed by atoms with Crippen molar-refractivity contribution in [1.82, 2.24) is 5.32 Å². The van der Waals surface area contributed by atoms with Crippen molar-refractivity contribution in [3.63, 3.8) is 0 Å². The second kappa shape index (κ2) is 9.40. The van der Waals surface area contributed by atoms with Gasteiger partial charge in [-0.15, -0.1) is 0 Å². The van der Waals surface area contributed by atoms with Gasteiger partial charge in [-0.1, -0.05) is 42.0 Å². The molecule has 1 atom stereocenters. The number of aryl methyl sites for hydroxylation is 4. The van der Waals surface area contributed by atoms with Gasteiger partial charge in [0, 0.05) is 11.3 Å². The van der Waals surface area contributed by atoms with Gasteiger partial charge in [0.2, 0.25) is 0 Å². The van der Waals surface area contributed by atoms with Crippen LogP contribution < -0.4 is 10.0 Å². The monoisotopic (exact) mass is 462 g/mol. The summed E-state index contributed by atoms with van der Waals surface area (Å²) in [5.74, 6) is -0.299. The maximum absolute atomic E-state index is 13.0. The van der Waals surface area contributed by atoms with Crippen molar-refractivity contribution in [2.75, 3.05) is 4.72 Å². The Balaban J connectivity index is 1.53. The van der Waals surface area contributed by atoms with Crippen molar-refractivity contribution in [2.45, 2.75) is 57.4 Å². The van der Waals surface area contributed by atoms with Crippen LogP contribution in [0.5, 0.6) is 0 Å². The highest BCUT2D eigenvalue weighted by atomic mass is 32.2. The molecule has 1 aliphatic carbocycles. The van der Waals surface area contributed by atoms with E-state index in [0.29, 0.717) is 16.8 Å². The van der Waals surface area contributed by atoms with Gasteiger partial charge in [-0.2, -0.15) is 0 Å². The van der Waals surface area contributed by atoms with E-state index in [1.54, 1.807) is 31.2 Å². The highest BCUT2D eigenvalue weighted by molar-refractivity contribution is 7.92. The zero-order valence-electron chi connectivity index (χ0n) is 19.3. The number of fused-ring (bicyclic) bond motifs is 1. The lowest BCUT2D eigenvalue weighted by Gasteiger charge is -2.20. The van der Waals surface area contributed by atoms with Crippen LogP contribution in [0.1, 0.15) is 64.0 Å². The highest BCUT2D eigenvalue weighted by Gasteiger charge is 2.21. The molecule has 3 aromatic rings. The topological polar surface area (TPSA) is 75.3 Å². The molecule has 1 aliphatic rings. The molecule has 0 fully saturated rings. The van der Waals surface area contributed by atoms with Gasteiger partial charge in [0.15, 0.2) is 0 Å². The Kier molecular flexibility index (Phi) is 6.56. The number of carbonyl (C=O) groups is 1. The fraction of sp³-hybridized carbons (Fsp3) is 0.296. The molecule has 0 saturated heterocycles. The summed E-state index contributed by atoms with van der Waals surface area (Å²) < 4.78 is 28.6. The molecule has 2 N–H and O–H groups in total. The molecule has 0 bridgehead atoms. The minimum absolute atomic E-state index is 0.0946. The van der Waals surface area contributed by atoms with Gasteiger partial charge in [-0.3, -0.25) is 9.52 Å². The number of hydrogen-bond donors (Lipinski definition) is 2. The predicted octanol–water partition coefficient (Wildman–Crippen LogP) is 5.47. The van der Waals surface area contributed by atoms with E-state index in [-0.39, 0.29) is 16.8 Å². The van der Waals surface area contributed by atoms with E-state index in [1.165, 1.54) is 30.0 Å². The largest absolute Gasteiger partial charge is 0.346 e. The van der Waals surface area contributed by atoms with Gasteiger partial charge in [0.05, 0.1) is 10.9 Å². The van der Waals surface area contributed by atoms with Crippen LogP contribution in [0.3, 0.4) is 0 Å². The predicted molar refractivity (Wildman–Crippen MR) is 132 cm³/mol. The molecule has 0 aromatic heterocycles. The van der Waals surface area contributed by atoms with E-state index < -0.39 is 10.0 Å². The van der Waals surface area contributed by atoms with Gasteiger partial charge in [0.25, 0.3) is 15.9 Å². The molecule has 5 nitrogen and oxygen atoms in total. The van der Waals surface area contributed by atoms with E-state index in [0.717, 1.165) is 24.0 Å². The molecular formula is C27H30N2O3S. The minimum atomic E-state index is -3.83. The Bertz CT molecular complexity index is 1280. The molecule has 1 amide bonds. The third-order valence-electron chi connectivity index (χ3n) is 6.26. The number of hydrogen-bond acceptors (Lipinski definition) is 3. The Morgan fingerprint density at radius 2 is 1.58 bits per heavy atom. The number of benzene rings is 3. The molecule has 0 radical (unpaired) electrons. The third-order valence-corrected chi connectivity index (χ3v) is 7.79. The summed E-state index contributed by atoms with van der Waals surface area (Å²) >= 11 is 0. The van der Waals surface area contributed by atoms with Crippen LogP contribution in [-0.4, -0.2) is 14.3 Å². The normalized spacial score (nSPS) is 14.3. The molecule has 0 saturated carbocycles. The molecule has 3 aromatic carbocycles. The van der Waals surface area contributed by atoms with Crippen molar-refractivity contribution in [3.05, 3.63) is 94.0 Å². The van der Waals surface area contributed by atoms with Crippen molar-refractivity contribution < 1.29 is 13.2 Å². The van der Waals surface area contributed by atoms with Gasteiger partial charge < -0.3 is 5.32 Å². The molecule has 0 aliphatic heterocycles. The molecule has 4 rings (SSSR count). The van der Waals surface area contributed by atoms with E-state index in [4.69, 9.17) is 0 Å². The van der Waals surface area contributed by atoms with Crippen molar-refractivity contribution >= 4 is 21.6 Å². The van der Waals surface area contributed by atoms with Crippen LogP contribution >= 0.6 is 0 Å². The van der Waals surface area contributed by atoms with E-state index >= 15 is 0 Å². The third kappa shape index (κ3) is 5.28. The van der Waals surface area contributed by atoms with Crippen molar-refractivity contribution in [1.29, 1.82) is 0 Å². The standard InChI is InChI=1S/C27H30N2O3S/c1-18-8-14-25(15-9-18)29-33(31,32)26-17-24(11-10-19(26)2)27(30)28-20(3)22-13-12-21-6-4-5-7-23(21)16-22/h8-17,20,29H,4-7H2,1-3H3,(H,28,30)/t20-/m0/s1. The van der Waals surface area contributed by atoms with Crippen LogP contribution in [0.2, 0.25) is 0 Å². The number of rotatable bonds is 6. The molecule has 0 spiro atoms. The zero-order valence-corrected chi connectivity index (χ0v) is 20.1. The first-order valence-electron chi connectivity index (χ1n) is 11.4. The first-order chi connectivity index (χ1) is 15.7. The van der Waals surface area contributed by atoms with Crippen LogP contribution in [0.25, 0.3) is 0 Å². The lowest BCUT2D eigenvalue weighted by atomic mass is 9.89. The van der Waals surface area contributed by atoms with Crippen molar-refractivity contribution in [3.8, 4) is 0 Å². The van der Waals surface area contributed by atoms with Crippen LogP contribution in [-0.2, 0) is 22.9 Å². The van der Waals surface area contributed by atoms with Gasteiger partial charge in [-0.05, 0) is 93.0 Å². The number of sulfonamides is 1. The summed E-state index contributed by atoms with van der Waals surface area (Å²) in [6.07, 6.45) is 4.63. The van der Waals surface area contributed by atoms with Gasteiger partial charge >= 0.3 is 0 Å². The van der Waals surface area contributed by atoms with Crippen LogP contribution in [0, 0.1) is 13.8 Å². The Labute approximate surface area is 196 Å². The summed E-state index contributed by atoms with van der Waals surface area (Å²) in [4.78, 5) is 13.1. The summed E-state index contributed by atoms with van der Waals surface area (Å²) in [5.41, 5.74) is 6.24. The van der Waals surface area contributed by atoms with Crippen LogP contribution in [0.15, 0.2) is 65.6 Å². The average Bonchev–Trinajstić information content (AvgIpc) is 2.80. The maximum atomic E-state index is 13.0. The Hall–Kier alpha value is -3.12. The summed E-state index contributed by atoms with van der Waals surface area (Å²) in [5, 5.41) is 3.02. The fourth-order valence-corrected chi connectivity index (χ4v) is 5.58. The number of amides is 1. The number of carbonyl (C=O) groups excluding carboxylic acids is 1. The zero-order chi connectivity index (χ0) is 23.6. The first-order valence-corrected chi connectivity index (χ1v) is 12.8. The molecule has 33 heavy (non-hydrogen) atoms. The van der Waals surface area contributed by atoms with Crippen LogP contribution in [0.4, 0.5) is 5.69 Å². The molecular weight excluding hydrogens is 432 g/mol. The SMILES string of the molecule is Cc1ccc(NS(=O)(=O)c2cc(C(=O)N[C@@H](C)c3ccc4c(c3)CCCC4)ccc2C)cc1. The average molecular weight is 463 g/mol. The summed E-state index contributed by atoms with van der Waals surface area (Å²) in [6.45, 7) is 5.62. The Morgan fingerprint density at radius 1 is 0.879 bits per heavy atom. The van der Waals surface area contributed by atoms with E-state index in [2.05, 4.69) is 28.2 Å². The quantitative estimate of drug-likeness (QED) is 0.510. The lowest BCUT2D eigenvalue weighted by Crippen LogP contribution is -2.27. The van der Waals surface area contributed by atoms with E-state index in [1.807, 2.05) is 26.0 Å². The van der Waals surface area contributed by atoms with Gasteiger partial charge in [0.1, 0.15) is 0 Å². The molecule has 0 heterocycles. The second-order valence-corrected chi connectivity index (χ2v) is 10.5. The number of nitrogens with one attached hydrogen (secondary N) is 2. The Morgan fingerprint density at radius 3 is 2.30 bits per heavy atom. The first kappa shape index (κ1) is 23.1. The maximum Gasteiger partial charge on any atom is 0.262 e. The van der Waals surface area contributed by atoms with E-state index in [9.17, 15) is 13.2 Å². The van der Waals surface area contributed by atoms with Crippen molar-refractivity contribution in [2.24, 2.45) is 0 Å².